The molecular formula is C23H25FN4O4. The number of benzene rings is 2. The molecule has 1 amide bonds. The van der Waals surface area contributed by atoms with Crippen molar-refractivity contribution >= 4 is 11.6 Å². The monoisotopic (exact) mass is 440 g/mol. The number of amides is 1. The molecule has 3 rings (SSSR count). The van der Waals surface area contributed by atoms with Crippen molar-refractivity contribution in [1.82, 2.24) is 15.1 Å². The van der Waals surface area contributed by atoms with Crippen LogP contribution in [-0.2, 0) is 11.2 Å². The number of para-hydroxylation sites is 2. The zero-order valence-corrected chi connectivity index (χ0v) is 17.8. The summed E-state index contributed by atoms with van der Waals surface area (Å²) in [6, 6.07) is 14.2. The van der Waals surface area contributed by atoms with E-state index in [0.29, 0.717) is 6.54 Å². The Morgan fingerprint density at radius 3 is 2.66 bits per heavy atom. The fraction of sp³-hybridized carbons (Fsp3) is 0.304. The lowest BCUT2D eigenvalue weighted by atomic mass is 10.1. The number of H-pyrrole nitrogens is 1. The van der Waals surface area contributed by atoms with Gasteiger partial charge in [0.05, 0.1) is 10.6 Å². The van der Waals surface area contributed by atoms with Crippen LogP contribution in [0, 0.1) is 15.9 Å². The van der Waals surface area contributed by atoms with Gasteiger partial charge in [0.2, 0.25) is 0 Å². The molecule has 0 aliphatic heterocycles. The molecule has 1 aromatic heterocycles. The second-order valence-electron chi connectivity index (χ2n) is 7.42. The molecular weight excluding hydrogens is 415 g/mol. The third kappa shape index (κ3) is 6.37. The maximum atomic E-state index is 13.0. The van der Waals surface area contributed by atoms with Gasteiger partial charge in [-0.3, -0.25) is 20.0 Å². The first-order valence-corrected chi connectivity index (χ1v) is 10.3. The van der Waals surface area contributed by atoms with E-state index in [1.54, 1.807) is 36.2 Å². The van der Waals surface area contributed by atoms with Gasteiger partial charge in [0.1, 0.15) is 5.82 Å². The number of nitrogens with zero attached hydrogens (tertiary/aromatic N) is 3. The molecule has 8 nitrogen and oxygen atoms in total. The standard InChI is InChI=1S/C23H25FN4O4/c1-27(23(29)16-32-22-9-5-4-8-21(22)28(30)31)14-6-2-3-7-19-15-20(26-25-19)17-10-12-18(24)13-11-17/h4-5,8-13,15H,2-3,6-7,14,16H2,1H3,(H,25,26). The molecule has 3 aromatic rings. The molecule has 0 saturated heterocycles. The Bertz CT molecular complexity index is 1050. The number of unbranched alkanes of at least 4 members (excludes halogenated alkanes) is 2. The van der Waals surface area contributed by atoms with Gasteiger partial charge in [0, 0.05) is 30.9 Å². The van der Waals surface area contributed by atoms with Crippen LogP contribution in [0.5, 0.6) is 5.75 Å². The number of hydrogen-bond donors (Lipinski definition) is 1. The summed E-state index contributed by atoms with van der Waals surface area (Å²) in [5.41, 5.74) is 2.48. The first kappa shape index (κ1) is 22.9. The summed E-state index contributed by atoms with van der Waals surface area (Å²) in [5, 5.41) is 18.3. The van der Waals surface area contributed by atoms with Crippen molar-refractivity contribution in [3.63, 3.8) is 0 Å². The number of carbonyl (C=O) groups excluding carboxylic acids is 1. The van der Waals surface area contributed by atoms with Gasteiger partial charge in [-0.1, -0.05) is 18.6 Å². The lowest BCUT2D eigenvalue weighted by Gasteiger charge is -2.17. The van der Waals surface area contributed by atoms with E-state index >= 15 is 0 Å². The van der Waals surface area contributed by atoms with Gasteiger partial charge in [-0.05, 0) is 55.7 Å². The van der Waals surface area contributed by atoms with Crippen LogP contribution in [0.3, 0.4) is 0 Å². The highest BCUT2D eigenvalue weighted by Crippen LogP contribution is 2.25. The van der Waals surface area contributed by atoms with E-state index in [-0.39, 0.29) is 29.8 Å². The Morgan fingerprint density at radius 1 is 1.16 bits per heavy atom. The van der Waals surface area contributed by atoms with Crippen molar-refractivity contribution < 1.29 is 18.8 Å². The summed E-state index contributed by atoms with van der Waals surface area (Å²) in [7, 11) is 1.69. The number of nitro groups is 1. The van der Waals surface area contributed by atoms with Crippen molar-refractivity contribution in [2.75, 3.05) is 20.2 Å². The fourth-order valence-electron chi connectivity index (χ4n) is 3.20. The molecule has 0 saturated carbocycles. The largest absolute Gasteiger partial charge is 0.477 e. The molecule has 0 aliphatic carbocycles. The number of carbonyl (C=O) groups is 1. The van der Waals surface area contributed by atoms with E-state index in [9.17, 15) is 19.3 Å². The van der Waals surface area contributed by atoms with Crippen LogP contribution in [0.25, 0.3) is 11.3 Å². The summed E-state index contributed by atoms with van der Waals surface area (Å²) < 4.78 is 18.4. The number of rotatable bonds is 11. The summed E-state index contributed by atoms with van der Waals surface area (Å²) >= 11 is 0. The lowest BCUT2D eigenvalue weighted by molar-refractivity contribution is -0.385. The summed E-state index contributed by atoms with van der Waals surface area (Å²) in [6.07, 6.45) is 3.51. The number of aromatic amines is 1. The normalized spacial score (nSPS) is 10.7. The Kier molecular flexibility index (Phi) is 7.91. The predicted octanol–water partition coefficient (Wildman–Crippen LogP) is 4.37. The Hall–Kier alpha value is -3.75. The number of halogens is 1. The van der Waals surface area contributed by atoms with E-state index < -0.39 is 4.92 Å². The highest BCUT2D eigenvalue weighted by molar-refractivity contribution is 5.77. The molecule has 0 unspecified atom stereocenters. The maximum absolute atomic E-state index is 13.0. The molecule has 0 aliphatic rings. The van der Waals surface area contributed by atoms with E-state index in [1.165, 1.54) is 24.3 Å². The van der Waals surface area contributed by atoms with E-state index in [2.05, 4.69) is 10.2 Å². The third-order valence-electron chi connectivity index (χ3n) is 5.05. The molecule has 1 N–H and O–H groups in total. The second-order valence-corrected chi connectivity index (χ2v) is 7.42. The van der Waals surface area contributed by atoms with Gasteiger partial charge in [-0.2, -0.15) is 5.10 Å². The first-order valence-electron chi connectivity index (χ1n) is 10.3. The number of nitrogens with one attached hydrogen (secondary N) is 1. The minimum atomic E-state index is -0.536. The molecule has 0 atom stereocenters. The minimum absolute atomic E-state index is 0.0822. The van der Waals surface area contributed by atoms with Crippen LogP contribution < -0.4 is 4.74 Å². The van der Waals surface area contributed by atoms with Crippen LogP contribution in [-0.4, -0.2) is 46.1 Å². The minimum Gasteiger partial charge on any atom is -0.477 e. The predicted molar refractivity (Wildman–Crippen MR) is 118 cm³/mol. The van der Waals surface area contributed by atoms with Crippen LogP contribution in [0.4, 0.5) is 10.1 Å². The van der Waals surface area contributed by atoms with Crippen molar-refractivity contribution in [3.8, 4) is 17.0 Å². The molecule has 2 aromatic carbocycles. The summed E-state index contributed by atoms with van der Waals surface area (Å²) in [5.74, 6) is -0.430. The van der Waals surface area contributed by atoms with E-state index in [0.717, 1.165) is 42.6 Å². The van der Waals surface area contributed by atoms with Crippen LogP contribution in [0.15, 0.2) is 54.6 Å². The summed E-state index contributed by atoms with van der Waals surface area (Å²) in [6.45, 7) is 0.324. The van der Waals surface area contributed by atoms with Gasteiger partial charge >= 0.3 is 5.69 Å². The first-order chi connectivity index (χ1) is 15.4. The highest BCUT2D eigenvalue weighted by atomic mass is 19.1. The number of hydrogen-bond acceptors (Lipinski definition) is 5. The number of likely N-dealkylation sites (N-methyl/N-ethyl adjacent to an activating group) is 1. The average Bonchev–Trinajstić information content (AvgIpc) is 3.26. The lowest BCUT2D eigenvalue weighted by Crippen LogP contribution is -2.32. The Balaban J connectivity index is 1.35. The molecule has 9 heteroatoms. The maximum Gasteiger partial charge on any atom is 0.310 e. The van der Waals surface area contributed by atoms with Gasteiger partial charge in [0.25, 0.3) is 5.91 Å². The van der Waals surface area contributed by atoms with Gasteiger partial charge in [0.15, 0.2) is 12.4 Å². The summed E-state index contributed by atoms with van der Waals surface area (Å²) in [4.78, 5) is 24.3. The Morgan fingerprint density at radius 2 is 1.91 bits per heavy atom. The molecule has 0 fully saturated rings. The van der Waals surface area contributed by atoms with Crippen molar-refractivity contribution in [3.05, 3.63) is 76.2 Å². The van der Waals surface area contributed by atoms with Crippen molar-refractivity contribution in [2.45, 2.75) is 25.7 Å². The molecule has 1 heterocycles. The third-order valence-corrected chi connectivity index (χ3v) is 5.05. The highest BCUT2D eigenvalue weighted by Gasteiger charge is 2.16. The number of aromatic nitrogens is 2. The SMILES string of the molecule is CN(CCCCCc1cc(-c2ccc(F)cc2)n[nH]1)C(=O)COc1ccccc1[N+](=O)[O-]. The quantitative estimate of drug-likeness (QED) is 0.271. The fourth-order valence-corrected chi connectivity index (χ4v) is 3.20. The molecule has 168 valence electrons. The Labute approximate surface area is 185 Å². The number of aryl methyl sites for hydroxylation is 1. The van der Waals surface area contributed by atoms with Gasteiger partial charge in [-0.25, -0.2) is 4.39 Å². The molecule has 32 heavy (non-hydrogen) atoms. The van der Waals surface area contributed by atoms with Crippen molar-refractivity contribution in [2.24, 2.45) is 0 Å². The van der Waals surface area contributed by atoms with Crippen molar-refractivity contribution in [1.29, 1.82) is 0 Å². The molecule has 0 radical (unpaired) electrons. The number of nitro benzene ring substituents is 1. The van der Waals surface area contributed by atoms with Crippen LogP contribution in [0.2, 0.25) is 0 Å². The topological polar surface area (TPSA) is 101 Å². The zero-order chi connectivity index (χ0) is 22.9. The number of ether oxygens (including phenoxy) is 1. The average molecular weight is 440 g/mol. The van der Waals surface area contributed by atoms with E-state index in [1.807, 2.05) is 6.07 Å². The molecule has 0 bridgehead atoms. The smallest absolute Gasteiger partial charge is 0.310 e. The van der Waals surface area contributed by atoms with Gasteiger partial charge in [-0.15, -0.1) is 0 Å². The van der Waals surface area contributed by atoms with Gasteiger partial charge < -0.3 is 9.64 Å². The zero-order valence-electron chi connectivity index (χ0n) is 17.8. The molecule has 0 spiro atoms. The second kappa shape index (κ2) is 11.0. The van der Waals surface area contributed by atoms with Crippen LogP contribution in [0.1, 0.15) is 25.0 Å². The van der Waals surface area contributed by atoms with E-state index in [4.69, 9.17) is 4.74 Å². The van der Waals surface area contributed by atoms with Crippen LogP contribution >= 0.6 is 0 Å².